The molecule has 2 bridgehead atoms. The average molecular weight is 500 g/mol. The predicted octanol–water partition coefficient (Wildman–Crippen LogP) is 3.34. The monoisotopic (exact) mass is 499 g/mol. The largest absolute Gasteiger partial charge is 0.494 e. The normalized spacial score (nSPS) is 21.6. The molecule has 3 heterocycles. The summed E-state index contributed by atoms with van der Waals surface area (Å²) in [6.45, 7) is 9.63. The molecule has 3 fully saturated rings. The van der Waals surface area contributed by atoms with E-state index in [4.69, 9.17) is 10.5 Å². The maximum absolute atomic E-state index is 13.5. The second-order valence-corrected chi connectivity index (χ2v) is 12.6. The molecule has 0 aliphatic carbocycles. The Balaban J connectivity index is 1.52. The zero-order chi connectivity index (χ0) is 25.2. The molecule has 8 heteroatoms. The number of hydrogen-bond donors (Lipinski definition) is 1. The van der Waals surface area contributed by atoms with E-state index >= 15 is 0 Å². The van der Waals surface area contributed by atoms with E-state index in [1.54, 1.807) is 24.3 Å². The summed E-state index contributed by atoms with van der Waals surface area (Å²) in [4.78, 5) is 17.9. The number of rotatable bonds is 8. The molecule has 0 saturated carbocycles. The van der Waals surface area contributed by atoms with Crippen molar-refractivity contribution in [3.8, 4) is 5.75 Å². The van der Waals surface area contributed by atoms with Gasteiger partial charge in [0.25, 0.3) is 5.91 Å². The molecule has 7 nitrogen and oxygen atoms in total. The summed E-state index contributed by atoms with van der Waals surface area (Å²) in [7, 11) is -3.23. The number of hydrogen-bond acceptors (Lipinski definition) is 6. The first-order chi connectivity index (χ1) is 16.6. The summed E-state index contributed by atoms with van der Waals surface area (Å²) in [5, 5.41) is 0. The number of carbonyl (C=O) groups excluding carboxylic acids is 1. The van der Waals surface area contributed by atoms with E-state index in [-0.39, 0.29) is 35.4 Å². The fraction of sp³-hybridized carbons (Fsp3) is 0.519. The van der Waals surface area contributed by atoms with Crippen LogP contribution in [0.25, 0.3) is 0 Å². The minimum Gasteiger partial charge on any atom is -0.494 e. The van der Waals surface area contributed by atoms with Crippen LogP contribution in [0.3, 0.4) is 0 Å². The van der Waals surface area contributed by atoms with Crippen LogP contribution in [-0.2, 0) is 15.6 Å². The first-order valence-corrected chi connectivity index (χ1v) is 14.2. The Hall–Kier alpha value is -2.58. The van der Waals surface area contributed by atoms with E-state index in [2.05, 4.69) is 30.9 Å². The molecule has 3 saturated heterocycles. The molecule has 0 spiro atoms. The van der Waals surface area contributed by atoms with Gasteiger partial charge in [0.2, 0.25) is 0 Å². The first-order valence-electron chi connectivity index (χ1n) is 12.4. The number of piperidine rings is 1. The van der Waals surface area contributed by atoms with Crippen LogP contribution in [-0.4, -0.2) is 63.8 Å². The lowest BCUT2D eigenvalue weighted by atomic mass is 9.73. The molecule has 1 unspecified atom stereocenters. The van der Waals surface area contributed by atoms with Crippen molar-refractivity contribution in [3.05, 3.63) is 59.7 Å². The number of benzene rings is 2. The van der Waals surface area contributed by atoms with Crippen molar-refractivity contribution in [3.63, 3.8) is 0 Å². The summed E-state index contributed by atoms with van der Waals surface area (Å²) in [5.41, 5.74) is 7.90. The number of ether oxygens (including phenoxy) is 1. The topological polar surface area (TPSA) is 92.9 Å². The molecule has 2 aromatic rings. The molecular formula is C27H37N3O4S. The van der Waals surface area contributed by atoms with Gasteiger partial charge in [0.1, 0.15) is 5.75 Å². The Morgan fingerprint density at radius 2 is 1.74 bits per heavy atom. The van der Waals surface area contributed by atoms with Crippen LogP contribution in [0.2, 0.25) is 0 Å². The number of sulfone groups is 1. The highest BCUT2D eigenvalue weighted by atomic mass is 32.2. The van der Waals surface area contributed by atoms with E-state index in [0.29, 0.717) is 30.2 Å². The molecule has 2 atom stereocenters. The van der Waals surface area contributed by atoms with E-state index < -0.39 is 9.84 Å². The van der Waals surface area contributed by atoms with Gasteiger partial charge >= 0.3 is 0 Å². The third-order valence-corrected chi connectivity index (χ3v) is 8.83. The predicted molar refractivity (Wildman–Crippen MR) is 140 cm³/mol. The number of nitrogens with zero attached hydrogens (tertiary/aromatic N) is 2. The fourth-order valence-corrected chi connectivity index (χ4v) is 6.82. The zero-order valence-electron chi connectivity index (χ0n) is 20.9. The minimum absolute atomic E-state index is 0.00242. The minimum atomic E-state index is -3.23. The number of nitrogens with two attached hydrogens (primary N) is 1. The standard InChI is InChI=1S/C27H37N3O4S/c1-4-34-24-11-9-23(10-12-24)30-17-21-15-27(2,3)25(30)18-29(16-21)26(31)22-7-5-20(6-8-22)19-35(32,33)14-13-28/h5-12,21,25H,4,13-19,28H2,1-3H3/t21-,25?/m1/s1. The molecule has 1 amide bonds. The van der Waals surface area contributed by atoms with Crippen LogP contribution in [0.5, 0.6) is 5.75 Å². The Morgan fingerprint density at radius 3 is 2.37 bits per heavy atom. The molecule has 2 N–H and O–H groups in total. The van der Waals surface area contributed by atoms with E-state index in [9.17, 15) is 13.2 Å². The van der Waals surface area contributed by atoms with E-state index in [1.165, 1.54) is 0 Å². The van der Waals surface area contributed by atoms with Gasteiger partial charge in [-0.2, -0.15) is 0 Å². The van der Waals surface area contributed by atoms with Crippen molar-refractivity contribution >= 4 is 21.4 Å². The van der Waals surface area contributed by atoms with Crippen LogP contribution >= 0.6 is 0 Å². The molecule has 190 valence electrons. The molecule has 3 aliphatic heterocycles. The number of anilines is 1. The van der Waals surface area contributed by atoms with Gasteiger partial charge in [0, 0.05) is 37.4 Å². The third-order valence-electron chi connectivity index (χ3n) is 7.20. The van der Waals surface area contributed by atoms with Crippen molar-refractivity contribution in [2.75, 3.05) is 43.4 Å². The summed E-state index contributed by atoms with van der Waals surface area (Å²) in [6.07, 6.45) is 1.08. The Labute approximate surface area is 209 Å². The highest BCUT2D eigenvalue weighted by Gasteiger charge is 2.46. The van der Waals surface area contributed by atoms with Crippen molar-refractivity contribution in [2.45, 2.75) is 39.0 Å². The first kappa shape index (κ1) is 25.5. The van der Waals surface area contributed by atoms with E-state index in [0.717, 1.165) is 30.9 Å². The Morgan fingerprint density at radius 1 is 1.06 bits per heavy atom. The highest BCUT2D eigenvalue weighted by molar-refractivity contribution is 7.90. The van der Waals surface area contributed by atoms with Gasteiger partial charge < -0.3 is 20.3 Å². The summed E-state index contributed by atoms with van der Waals surface area (Å²) in [5.74, 6) is 1.15. The lowest BCUT2D eigenvalue weighted by molar-refractivity contribution is 0.0746. The number of amides is 1. The van der Waals surface area contributed by atoms with Gasteiger partial charge in [-0.3, -0.25) is 4.79 Å². The number of carbonyl (C=O) groups is 1. The second kappa shape index (κ2) is 10.2. The van der Waals surface area contributed by atoms with Gasteiger partial charge in [-0.05, 0) is 66.6 Å². The Kier molecular flexibility index (Phi) is 7.43. The SMILES string of the molecule is CCOc1ccc(N2C[C@H]3CN(C(=O)c4ccc(CS(=O)(=O)CCN)cc4)CC2C(C)(C)C3)cc1. The molecule has 2 aromatic carbocycles. The molecule has 5 rings (SSSR count). The Bertz CT molecular complexity index is 1130. The van der Waals surface area contributed by atoms with Gasteiger partial charge in [-0.25, -0.2) is 8.42 Å². The van der Waals surface area contributed by atoms with Crippen molar-refractivity contribution in [1.29, 1.82) is 0 Å². The van der Waals surface area contributed by atoms with Crippen LogP contribution in [0.15, 0.2) is 48.5 Å². The molecule has 0 radical (unpaired) electrons. The van der Waals surface area contributed by atoms with Crippen LogP contribution in [0, 0.1) is 11.3 Å². The lowest BCUT2D eigenvalue weighted by Gasteiger charge is -2.48. The number of fused-ring (bicyclic) bond motifs is 4. The second-order valence-electron chi connectivity index (χ2n) is 10.4. The third kappa shape index (κ3) is 5.81. The van der Waals surface area contributed by atoms with Gasteiger partial charge in [0.05, 0.1) is 24.2 Å². The van der Waals surface area contributed by atoms with Crippen LogP contribution in [0.4, 0.5) is 5.69 Å². The molecule has 35 heavy (non-hydrogen) atoms. The van der Waals surface area contributed by atoms with Crippen molar-refractivity contribution in [1.82, 2.24) is 4.90 Å². The smallest absolute Gasteiger partial charge is 0.253 e. The van der Waals surface area contributed by atoms with Crippen molar-refractivity contribution in [2.24, 2.45) is 17.1 Å². The maximum Gasteiger partial charge on any atom is 0.253 e. The highest BCUT2D eigenvalue weighted by Crippen LogP contribution is 2.43. The molecule has 0 aromatic heterocycles. The fourth-order valence-electron chi connectivity index (χ4n) is 5.62. The molecular weight excluding hydrogens is 462 g/mol. The summed E-state index contributed by atoms with van der Waals surface area (Å²) >= 11 is 0. The van der Waals surface area contributed by atoms with Gasteiger partial charge in [-0.15, -0.1) is 0 Å². The van der Waals surface area contributed by atoms with Gasteiger partial charge in [0.15, 0.2) is 9.84 Å². The van der Waals surface area contributed by atoms with Gasteiger partial charge in [-0.1, -0.05) is 26.0 Å². The lowest BCUT2D eigenvalue weighted by Crippen LogP contribution is -2.54. The maximum atomic E-state index is 13.5. The summed E-state index contributed by atoms with van der Waals surface area (Å²) in [6, 6.07) is 15.4. The molecule has 3 aliphatic rings. The quantitative estimate of drug-likeness (QED) is 0.599. The average Bonchev–Trinajstić information content (AvgIpc) is 3.07. The van der Waals surface area contributed by atoms with E-state index in [1.807, 2.05) is 24.0 Å². The summed E-state index contributed by atoms with van der Waals surface area (Å²) < 4.78 is 29.8. The zero-order valence-corrected chi connectivity index (χ0v) is 21.8. The van der Waals surface area contributed by atoms with Crippen LogP contribution < -0.4 is 15.4 Å². The van der Waals surface area contributed by atoms with Crippen molar-refractivity contribution < 1.29 is 17.9 Å². The van der Waals surface area contributed by atoms with Crippen LogP contribution in [0.1, 0.15) is 43.1 Å².